The number of nitrogens with two attached hydrogens (primary N) is 1. The van der Waals surface area contributed by atoms with Crippen molar-refractivity contribution in [2.45, 2.75) is 31.8 Å². The van der Waals surface area contributed by atoms with Gasteiger partial charge in [0, 0.05) is 5.69 Å². The van der Waals surface area contributed by atoms with Crippen LogP contribution in [-0.2, 0) is 4.74 Å². The minimum absolute atomic E-state index is 0.0323. The average molecular weight is 223 g/mol. The number of benzene rings is 1. The second kappa shape index (κ2) is 4.51. The summed E-state index contributed by atoms with van der Waals surface area (Å²) in [4.78, 5) is 11.7. The molecule has 3 nitrogen and oxygen atoms in total. The molecule has 86 valence electrons. The molecule has 2 rings (SSSR count). The first-order valence-corrected chi connectivity index (χ1v) is 5.43. The van der Waals surface area contributed by atoms with Gasteiger partial charge in [-0.3, -0.25) is 0 Å². The molecule has 0 amide bonds. The summed E-state index contributed by atoms with van der Waals surface area (Å²) in [6, 6.07) is 3.72. The van der Waals surface area contributed by atoms with Crippen molar-refractivity contribution in [2.75, 3.05) is 5.73 Å². The fraction of sp³-hybridized carbons (Fsp3) is 0.417. The van der Waals surface area contributed by atoms with E-state index in [1.54, 1.807) is 0 Å². The number of esters is 1. The van der Waals surface area contributed by atoms with Gasteiger partial charge in [0.25, 0.3) is 0 Å². The molecule has 0 saturated heterocycles. The Morgan fingerprint density at radius 2 is 2.06 bits per heavy atom. The van der Waals surface area contributed by atoms with Crippen LogP contribution in [0.1, 0.15) is 36.0 Å². The molecule has 4 heteroatoms. The summed E-state index contributed by atoms with van der Waals surface area (Å²) in [5, 5.41) is 0. The lowest BCUT2D eigenvalue weighted by Gasteiger charge is -2.12. The van der Waals surface area contributed by atoms with Gasteiger partial charge in [-0.25, -0.2) is 9.18 Å². The van der Waals surface area contributed by atoms with Crippen molar-refractivity contribution in [3.8, 4) is 0 Å². The summed E-state index contributed by atoms with van der Waals surface area (Å²) in [6.45, 7) is 0. The maximum atomic E-state index is 13.0. The van der Waals surface area contributed by atoms with Gasteiger partial charge >= 0.3 is 5.97 Å². The zero-order valence-electron chi connectivity index (χ0n) is 8.91. The first kappa shape index (κ1) is 10.9. The average Bonchev–Trinajstić information content (AvgIpc) is 2.74. The van der Waals surface area contributed by atoms with Gasteiger partial charge in [-0.15, -0.1) is 0 Å². The normalized spacial score (nSPS) is 16.3. The molecule has 0 spiro atoms. The van der Waals surface area contributed by atoms with Gasteiger partial charge in [0.1, 0.15) is 11.9 Å². The van der Waals surface area contributed by atoms with E-state index < -0.39 is 11.8 Å². The van der Waals surface area contributed by atoms with Crippen molar-refractivity contribution in [1.82, 2.24) is 0 Å². The summed E-state index contributed by atoms with van der Waals surface area (Å²) in [6.07, 6.45) is 3.91. The van der Waals surface area contributed by atoms with Crippen molar-refractivity contribution >= 4 is 11.7 Å². The topological polar surface area (TPSA) is 52.3 Å². The molecule has 1 aliphatic rings. The Morgan fingerprint density at radius 3 is 2.75 bits per heavy atom. The standard InChI is InChI=1S/C12H14FNO2/c13-8-5-6-11(14)10(7-8)12(15)16-9-3-1-2-4-9/h5-7,9H,1-4,14H2. The number of hydrogen-bond donors (Lipinski definition) is 1. The van der Waals surface area contributed by atoms with Crippen LogP contribution < -0.4 is 5.73 Å². The molecule has 1 saturated carbocycles. The molecule has 0 bridgehead atoms. The highest BCUT2D eigenvalue weighted by Gasteiger charge is 2.21. The summed E-state index contributed by atoms with van der Waals surface area (Å²) in [7, 11) is 0. The van der Waals surface area contributed by atoms with Gasteiger partial charge in [-0.1, -0.05) is 0 Å². The van der Waals surface area contributed by atoms with E-state index in [1.807, 2.05) is 0 Å². The van der Waals surface area contributed by atoms with Crippen molar-refractivity contribution in [2.24, 2.45) is 0 Å². The first-order chi connectivity index (χ1) is 7.66. The number of carbonyl (C=O) groups is 1. The van der Waals surface area contributed by atoms with Crippen LogP contribution in [0.4, 0.5) is 10.1 Å². The van der Waals surface area contributed by atoms with E-state index in [2.05, 4.69) is 0 Å². The minimum Gasteiger partial charge on any atom is -0.459 e. The van der Waals surface area contributed by atoms with Gasteiger partial charge in [0.15, 0.2) is 0 Å². The lowest BCUT2D eigenvalue weighted by atomic mass is 10.2. The third-order valence-electron chi connectivity index (χ3n) is 2.81. The monoisotopic (exact) mass is 223 g/mol. The molecule has 16 heavy (non-hydrogen) atoms. The summed E-state index contributed by atoms with van der Waals surface area (Å²) >= 11 is 0. The van der Waals surface area contributed by atoms with Crippen LogP contribution in [0.15, 0.2) is 18.2 Å². The zero-order valence-corrected chi connectivity index (χ0v) is 8.91. The molecule has 0 aliphatic heterocycles. The van der Waals surface area contributed by atoms with Crippen molar-refractivity contribution < 1.29 is 13.9 Å². The van der Waals surface area contributed by atoms with Crippen LogP contribution >= 0.6 is 0 Å². The molecular formula is C12H14FNO2. The quantitative estimate of drug-likeness (QED) is 0.619. The molecule has 1 aromatic carbocycles. The van der Waals surface area contributed by atoms with Crippen LogP contribution in [0.3, 0.4) is 0 Å². The van der Waals surface area contributed by atoms with E-state index in [1.165, 1.54) is 12.1 Å². The largest absolute Gasteiger partial charge is 0.459 e. The molecule has 0 aromatic heterocycles. The highest BCUT2D eigenvalue weighted by atomic mass is 19.1. The smallest absolute Gasteiger partial charge is 0.340 e. The fourth-order valence-corrected chi connectivity index (χ4v) is 1.93. The second-order valence-electron chi connectivity index (χ2n) is 4.04. The van der Waals surface area contributed by atoms with Crippen molar-refractivity contribution in [3.05, 3.63) is 29.6 Å². The molecule has 1 aliphatic carbocycles. The lowest BCUT2D eigenvalue weighted by molar-refractivity contribution is 0.0318. The number of nitrogen functional groups attached to an aromatic ring is 1. The van der Waals surface area contributed by atoms with Crippen LogP contribution in [-0.4, -0.2) is 12.1 Å². The van der Waals surface area contributed by atoms with Gasteiger partial charge < -0.3 is 10.5 Å². The summed E-state index contributed by atoms with van der Waals surface area (Å²) < 4.78 is 18.2. The molecular weight excluding hydrogens is 209 g/mol. The van der Waals surface area contributed by atoms with Crippen LogP contribution in [0.25, 0.3) is 0 Å². The van der Waals surface area contributed by atoms with E-state index >= 15 is 0 Å². The summed E-state index contributed by atoms with van der Waals surface area (Å²) in [5.41, 5.74) is 5.97. The number of anilines is 1. The molecule has 0 heterocycles. The van der Waals surface area contributed by atoms with Gasteiger partial charge in [-0.2, -0.15) is 0 Å². The second-order valence-corrected chi connectivity index (χ2v) is 4.04. The Hall–Kier alpha value is -1.58. The highest BCUT2D eigenvalue weighted by molar-refractivity contribution is 5.95. The van der Waals surface area contributed by atoms with Gasteiger partial charge in [-0.05, 0) is 43.9 Å². The van der Waals surface area contributed by atoms with Gasteiger partial charge in [0.05, 0.1) is 5.56 Å². The molecule has 0 radical (unpaired) electrons. The Bertz CT molecular complexity index is 400. The minimum atomic E-state index is -0.524. The molecule has 2 N–H and O–H groups in total. The molecule has 1 fully saturated rings. The van der Waals surface area contributed by atoms with Crippen LogP contribution in [0, 0.1) is 5.82 Å². The molecule has 0 unspecified atom stereocenters. The lowest BCUT2D eigenvalue weighted by Crippen LogP contribution is -2.16. The number of hydrogen-bond acceptors (Lipinski definition) is 3. The van der Waals surface area contributed by atoms with E-state index in [0.717, 1.165) is 31.7 Å². The van der Waals surface area contributed by atoms with Crippen LogP contribution in [0.5, 0.6) is 0 Å². The number of carbonyl (C=O) groups excluding carboxylic acids is 1. The SMILES string of the molecule is Nc1ccc(F)cc1C(=O)OC1CCCC1. The molecule has 0 atom stereocenters. The Labute approximate surface area is 93.4 Å². The maximum Gasteiger partial charge on any atom is 0.340 e. The van der Waals surface area contributed by atoms with E-state index in [9.17, 15) is 9.18 Å². The third kappa shape index (κ3) is 2.32. The maximum absolute atomic E-state index is 13.0. The third-order valence-corrected chi connectivity index (χ3v) is 2.81. The fourth-order valence-electron chi connectivity index (χ4n) is 1.93. The van der Waals surface area contributed by atoms with Crippen molar-refractivity contribution in [1.29, 1.82) is 0 Å². The number of rotatable bonds is 2. The highest BCUT2D eigenvalue weighted by Crippen LogP contribution is 2.23. The number of ether oxygens (including phenoxy) is 1. The Morgan fingerprint density at radius 1 is 1.38 bits per heavy atom. The van der Waals surface area contributed by atoms with E-state index in [-0.39, 0.29) is 17.4 Å². The zero-order chi connectivity index (χ0) is 11.5. The first-order valence-electron chi connectivity index (χ1n) is 5.43. The van der Waals surface area contributed by atoms with E-state index in [4.69, 9.17) is 10.5 Å². The number of halogens is 1. The Kier molecular flexibility index (Phi) is 3.08. The van der Waals surface area contributed by atoms with Gasteiger partial charge in [0.2, 0.25) is 0 Å². The summed E-state index contributed by atoms with van der Waals surface area (Å²) in [5.74, 6) is -1.00. The predicted molar refractivity (Wildman–Crippen MR) is 58.5 cm³/mol. The van der Waals surface area contributed by atoms with E-state index in [0.29, 0.717) is 0 Å². The Balaban J connectivity index is 2.10. The van der Waals surface area contributed by atoms with Crippen molar-refractivity contribution in [3.63, 3.8) is 0 Å². The van der Waals surface area contributed by atoms with Crippen LogP contribution in [0.2, 0.25) is 0 Å². The molecule has 1 aromatic rings. The predicted octanol–water partition coefficient (Wildman–Crippen LogP) is 2.51.